The zero-order valence-electron chi connectivity index (χ0n) is 18.1. The number of rotatable bonds is 5. The molecule has 1 aliphatic heterocycles. The highest BCUT2D eigenvalue weighted by Crippen LogP contribution is 2.31. The van der Waals surface area contributed by atoms with Gasteiger partial charge in [0.2, 0.25) is 15.9 Å². The second kappa shape index (κ2) is 8.70. The van der Waals surface area contributed by atoms with Crippen LogP contribution in [0, 0.1) is 5.82 Å². The molecule has 33 heavy (non-hydrogen) atoms. The SMILES string of the molecule is CC(=O)Nc1ccc(NS(C)(=O)=O)c(C(=O)N2CC=C(c3c[nH]c4cc(F)ccc34)CC2)c1. The molecule has 2 heterocycles. The molecule has 1 aromatic heterocycles. The van der Waals surface area contributed by atoms with E-state index < -0.39 is 10.0 Å². The Morgan fingerprint density at radius 2 is 1.94 bits per heavy atom. The van der Waals surface area contributed by atoms with E-state index in [1.807, 2.05) is 12.3 Å². The predicted octanol–water partition coefficient (Wildman–Crippen LogP) is 3.57. The Labute approximate surface area is 190 Å². The second-order valence-electron chi connectivity index (χ2n) is 7.94. The molecular weight excluding hydrogens is 447 g/mol. The minimum absolute atomic E-state index is 0.144. The fraction of sp³-hybridized carbons (Fsp3) is 0.217. The van der Waals surface area contributed by atoms with E-state index >= 15 is 0 Å². The van der Waals surface area contributed by atoms with Crippen molar-refractivity contribution in [2.24, 2.45) is 0 Å². The first-order valence-electron chi connectivity index (χ1n) is 10.3. The Morgan fingerprint density at radius 1 is 1.15 bits per heavy atom. The lowest BCUT2D eigenvalue weighted by atomic mass is 9.98. The first-order valence-corrected chi connectivity index (χ1v) is 12.1. The van der Waals surface area contributed by atoms with Crippen molar-refractivity contribution in [2.75, 3.05) is 29.4 Å². The number of hydrogen-bond acceptors (Lipinski definition) is 4. The summed E-state index contributed by atoms with van der Waals surface area (Å²) in [5.41, 5.74) is 3.39. The third-order valence-electron chi connectivity index (χ3n) is 5.35. The third-order valence-corrected chi connectivity index (χ3v) is 5.94. The van der Waals surface area contributed by atoms with Gasteiger partial charge in [0.1, 0.15) is 5.82 Å². The summed E-state index contributed by atoms with van der Waals surface area (Å²) in [6.07, 6.45) is 5.36. The van der Waals surface area contributed by atoms with Crippen molar-refractivity contribution in [3.05, 3.63) is 65.6 Å². The molecule has 4 rings (SSSR count). The minimum Gasteiger partial charge on any atom is -0.360 e. The van der Waals surface area contributed by atoms with Crippen LogP contribution in [0.1, 0.15) is 29.3 Å². The highest BCUT2D eigenvalue weighted by Gasteiger charge is 2.24. The Balaban J connectivity index is 1.60. The van der Waals surface area contributed by atoms with Crippen molar-refractivity contribution < 1.29 is 22.4 Å². The van der Waals surface area contributed by atoms with Crippen molar-refractivity contribution >= 4 is 49.7 Å². The van der Waals surface area contributed by atoms with Crippen LogP contribution in [0.4, 0.5) is 15.8 Å². The summed E-state index contributed by atoms with van der Waals surface area (Å²) in [5, 5.41) is 3.52. The summed E-state index contributed by atoms with van der Waals surface area (Å²) in [6, 6.07) is 9.03. The van der Waals surface area contributed by atoms with Gasteiger partial charge in [0.05, 0.1) is 17.5 Å². The molecule has 0 bridgehead atoms. The Hall–Kier alpha value is -3.66. The molecule has 3 N–H and O–H groups in total. The van der Waals surface area contributed by atoms with Crippen LogP contribution in [0.15, 0.2) is 48.7 Å². The van der Waals surface area contributed by atoms with Gasteiger partial charge in [-0.3, -0.25) is 14.3 Å². The van der Waals surface area contributed by atoms with Gasteiger partial charge in [-0.1, -0.05) is 6.08 Å². The minimum atomic E-state index is -3.61. The standard InChI is InChI=1S/C23H23FN4O4S/c1-14(29)26-17-4-6-21(27-33(2,31)32)19(12-17)23(30)28-9-7-15(8-10-28)20-13-25-22-11-16(24)3-5-18(20)22/h3-7,11-13,25,27H,8-10H2,1-2H3,(H,26,29). The van der Waals surface area contributed by atoms with E-state index in [0.29, 0.717) is 30.7 Å². The van der Waals surface area contributed by atoms with Crippen molar-refractivity contribution in [1.82, 2.24) is 9.88 Å². The number of anilines is 2. The van der Waals surface area contributed by atoms with E-state index in [4.69, 9.17) is 0 Å². The van der Waals surface area contributed by atoms with E-state index in [2.05, 4.69) is 15.0 Å². The molecule has 0 unspecified atom stereocenters. The van der Waals surface area contributed by atoms with E-state index in [9.17, 15) is 22.4 Å². The van der Waals surface area contributed by atoms with Gasteiger partial charge in [-0.2, -0.15) is 0 Å². The van der Waals surface area contributed by atoms with Crippen LogP contribution in [-0.2, 0) is 14.8 Å². The number of nitrogens with zero attached hydrogens (tertiary/aromatic N) is 1. The molecule has 3 aromatic rings. The zero-order valence-corrected chi connectivity index (χ0v) is 18.9. The summed E-state index contributed by atoms with van der Waals surface area (Å²) in [7, 11) is -3.61. The fourth-order valence-electron chi connectivity index (χ4n) is 3.92. The zero-order chi connectivity index (χ0) is 23.8. The largest absolute Gasteiger partial charge is 0.360 e. The molecule has 0 fully saturated rings. The van der Waals surface area contributed by atoms with Crippen LogP contribution >= 0.6 is 0 Å². The molecule has 0 saturated carbocycles. The Kier molecular flexibility index (Phi) is 5.94. The second-order valence-corrected chi connectivity index (χ2v) is 9.69. The highest BCUT2D eigenvalue weighted by molar-refractivity contribution is 7.92. The van der Waals surface area contributed by atoms with Crippen LogP contribution < -0.4 is 10.0 Å². The number of aromatic amines is 1. The average Bonchev–Trinajstić information content (AvgIpc) is 3.16. The van der Waals surface area contributed by atoms with Gasteiger partial charge < -0.3 is 15.2 Å². The predicted molar refractivity (Wildman–Crippen MR) is 126 cm³/mol. The van der Waals surface area contributed by atoms with Gasteiger partial charge in [0, 0.05) is 48.4 Å². The van der Waals surface area contributed by atoms with Gasteiger partial charge in [-0.25, -0.2) is 12.8 Å². The van der Waals surface area contributed by atoms with E-state index in [1.165, 1.54) is 37.3 Å². The first-order chi connectivity index (χ1) is 15.6. The molecule has 0 aliphatic carbocycles. The van der Waals surface area contributed by atoms with Crippen LogP contribution in [0.2, 0.25) is 0 Å². The topological polar surface area (TPSA) is 111 Å². The summed E-state index contributed by atoms with van der Waals surface area (Å²) < 4.78 is 39.4. The number of carbonyl (C=O) groups excluding carboxylic acids is 2. The van der Waals surface area contributed by atoms with Crippen LogP contribution in [0.5, 0.6) is 0 Å². The Morgan fingerprint density at radius 3 is 2.61 bits per heavy atom. The number of nitrogens with one attached hydrogen (secondary N) is 3. The molecule has 172 valence electrons. The maximum absolute atomic E-state index is 13.5. The molecule has 0 atom stereocenters. The Bertz CT molecular complexity index is 1390. The summed E-state index contributed by atoms with van der Waals surface area (Å²) in [6.45, 7) is 2.09. The molecule has 0 saturated heterocycles. The average molecular weight is 471 g/mol. The smallest absolute Gasteiger partial charge is 0.256 e. The van der Waals surface area contributed by atoms with E-state index in [0.717, 1.165) is 22.8 Å². The number of carbonyl (C=O) groups is 2. The van der Waals surface area contributed by atoms with E-state index in [-0.39, 0.29) is 28.9 Å². The van der Waals surface area contributed by atoms with Crippen LogP contribution in [0.25, 0.3) is 16.5 Å². The van der Waals surface area contributed by atoms with E-state index in [1.54, 1.807) is 11.0 Å². The third kappa shape index (κ3) is 5.06. The maximum atomic E-state index is 13.5. The molecule has 2 amide bonds. The van der Waals surface area contributed by atoms with Crippen LogP contribution in [-0.4, -0.2) is 49.5 Å². The number of amides is 2. The quantitative estimate of drug-likeness (QED) is 0.529. The molecular formula is C23H23FN4O4S. The molecule has 0 spiro atoms. The van der Waals surface area contributed by atoms with Gasteiger partial charge in [-0.05, 0) is 48.4 Å². The lowest BCUT2D eigenvalue weighted by molar-refractivity contribution is -0.114. The van der Waals surface area contributed by atoms with Crippen molar-refractivity contribution in [3.8, 4) is 0 Å². The number of halogens is 1. The molecule has 1 aliphatic rings. The number of hydrogen-bond donors (Lipinski definition) is 3. The normalized spacial score (nSPS) is 14.2. The lowest BCUT2D eigenvalue weighted by Crippen LogP contribution is -2.35. The molecule has 2 aromatic carbocycles. The van der Waals surface area contributed by atoms with Crippen molar-refractivity contribution in [1.29, 1.82) is 0 Å². The van der Waals surface area contributed by atoms with Crippen molar-refractivity contribution in [2.45, 2.75) is 13.3 Å². The van der Waals surface area contributed by atoms with Gasteiger partial charge >= 0.3 is 0 Å². The highest BCUT2D eigenvalue weighted by atomic mass is 32.2. The first kappa shape index (κ1) is 22.5. The van der Waals surface area contributed by atoms with Gasteiger partial charge in [0.15, 0.2) is 0 Å². The number of benzene rings is 2. The summed E-state index contributed by atoms with van der Waals surface area (Å²) in [4.78, 5) is 29.4. The van der Waals surface area contributed by atoms with Crippen LogP contribution in [0.3, 0.4) is 0 Å². The maximum Gasteiger partial charge on any atom is 0.256 e. The van der Waals surface area contributed by atoms with Crippen molar-refractivity contribution in [3.63, 3.8) is 0 Å². The number of H-pyrrole nitrogens is 1. The number of fused-ring (bicyclic) bond motifs is 1. The van der Waals surface area contributed by atoms with Gasteiger partial charge in [0.25, 0.3) is 5.91 Å². The lowest BCUT2D eigenvalue weighted by Gasteiger charge is -2.27. The number of aromatic nitrogens is 1. The molecule has 8 nitrogen and oxygen atoms in total. The summed E-state index contributed by atoms with van der Waals surface area (Å²) >= 11 is 0. The monoisotopic (exact) mass is 470 g/mol. The summed E-state index contributed by atoms with van der Waals surface area (Å²) in [5.74, 6) is -0.976. The van der Waals surface area contributed by atoms with Gasteiger partial charge in [-0.15, -0.1) is 0 Å². The number of sulfonamides is 1. The fourth-order valence-corrected chi connectivity index (χ4v) is 4.50. The molecule has 10 heteroatoms. The molecule has 0 radical (unpaired) electrons.